The molecule has 0 radical (unpaired) electrons. The number of hydrogen-bond acceptors (Lipinski definition) is 13. The molecular weight excluding hydrogens is 973 g/mol. The van der Waals surface area contributed by atoms with E-state index in [1.165, 1.54) is 23.9 Å². The molecule has 20 heteroatoms. The Morgan fingerprint density at radius 3 is 2.16 bits per heavy atom. The number of nitrogens with zero attached hydrogens (tertiary/aromatic N) is 3. The van der Waals surface area contributed by atoms with Gasteiger partial charge in [0.25, 0.3) is 25.8 Å². The fraction of sp³-hybridized carbons (Fsp3) is 0.367. The van der Waals surface area contributed by atoms with E-state index in [9.17, 15) is 45.0 Å². The minimum atomic E-state index is -6.10. The number of aliphatic hydroxyl groups is 2. The first-order chi connectivity index (χ1) is 32.9. The number of rotatable bonds is 19. The zero-order chi connectivity index (χ0) is 49.3. The number of sulfone groups is 1. The fourth-order valence-corrected chi connectivity index (χ4v) is 11.7. The van der Waals surface area contributed by atoms with E-state index in [-0.39, 0.29) is 18.1 Å². The maximum atomic E-state index is 14.2. The van der Waals surface area contributed by atoms with Crippen LogP contribution in [0.3, 0.4) is 0 Å². The molecule has 370 valence electrons. The summed E-state index contributed by atoms with van der Waals surface area (Å²) in [4.78, 5) is 18.3. The monoisotopic (exact) mass is 1030 g/mol. The summed E-state index contributed by atoms with van der Waals surface area (Å²) in [6.45, 7) is 5.27. The van der Waals surface area contributed by atoms with Crippen molar-refractivity contribution < 1.29 is 45.0 Å². The highest BCUT2D eigenvalue weighted by molar-refractivity contribution is 7.99. The number of benzene rings is 5. The number of piperazine rings is 1. The Morgan fingerprint density at radius 1 is 0.855 bits per heavy atom. The second kappa shape index (κ2) is 22.9. The van der Waals surface area contributed by atoms with Gasteiger partial charge in [0.2, 0.25) is 0 Å². The maximum Gasteiger partial charge on any atom is 0.501 e. The minimum absolute atomic E-state index is 0.0539. The van der Waals surface area contributed by atoms with Crippen LogP contribution in [0.4, 0.5) is 30.2 Å². The van der Waals surface area contributed by atoms with E-state index < -0.39 is 58.9 Å². The van der Waals surface area contributed by atoms with E-state index in [2.05, 4.69) is 38.6 Å². The van der Waals surface area contributed by atoms with Gasteiger partial charge in [0.05, 0.1) is 23.3 Å². The van der Waals surface area contributed by atoms with Crippen LogP contribution in [0.5, 0.6) is 0 Å². The predicted molar refractivity (Wildman–Crippen MR) is 266 cm³/mol. The Morgan fingerprint density at radius 2 is 1.51 bits per heavy atom. The lowest BCUT2D eigenvalue weighted by Crippen LogP contribution is -2.43. The van der Waals surface area contributed by atoms with Crippen molar-refractivity contribution in [1.82, 2.24) is 14.9 Å². The number of alkyl halides is 3. The molecule has 5 N–H and O–H groups in total. The molecule has 0 aliphatic carbocycles. The molecule has 1 amide bonds. The summed E-state index contributed by atoms with van der Waals surface area (Å²) in [5.74, 6) is -0.824. The molecule has 2 fully saturated rings. The van der Waals surface area contributed by atoms with Gasteiger partial charge in [-0.25, -0.2) is 21.6 Å². The van der Waals surface area contributed by atoms with E-state index in [0.29, 0.717) is 62.3 Å². The van der Waals surface area contributed by atoms with Crippen molar-refractivity contribution in [1.29, 1.82) is 0 Å². The Bertz CT molecular complexity index is 2750. The second-order valence-electron chi connectivity index (χ2n) is 17.2. The van der Waals surface area contributed by atoms with Gasteiger partial charge in [0, 0.05) is 84.5 Å². The van der Waals surface area contributed by atoms with Crippen LogP contribution >= 0.6 is 23.4 Å². The maximum absolute atomic E-state index is 14.2. The molecule has 69 heavy (non-hydrogen) atoms. The SMILES string of the molecule is CN(CCO)CC[C@H](CSc1ccccc1)Nc1ccc(S(=O)(=O)NC(=O)c2ccc(N3CCC([C@@H](O)c4cc(N5CCNCC5)ccc4-c4ccc(Cl)cc4)CC3)cc2)cc1S(=O)(=O)C(F)(F)F. The molecule has 0 aromatic heterocycles. The standard InChI is InChI=1S/C49H56ClF3N6O7S3/c1-57(29-30-60)24-21-38(33-67-41-5-3-2-4-6-41)55-45-18-16-42(32-46(45)68(63,64)49(51,52)53)69(65,66)56-48(62)36-9-13-39(14-10-36)58-25-19-35(20-26-58)47(61)44-31-40(59-27-22-54-23-28-59)15-17-43(44)34-7-11-37(50)12-8-34/h2-18,31-32,35,38,47,54-55,60-61H,19-30,33H2,1H3,(H,56,62)/t38-,47-/m1/s1. The van der Waals surface area contributed by atoms with Gasteiger partial charge in [-0.3, -0.25) is 4.79 Å². The summed E-state index contributed by atoms with van der Waals surface area (Å²) in [7, 11) is -9.24. The lowest BCUT2D eigenvalue weighted by atomic mass is 9.84. The molecule has 0 spiro atoms. The van der Waals surface area contributed by atoms with Crippen LogP contribution in [0.2, 0.25) is 5.02 Å². The zero-order valence-electron chi connectivity index (χ0n) is 37.9. The predicted octanol–water partition coefficient (Wildman–Crippen LogP) is 7.67. The first kappa shape index (κ1) is 52.0. The third kappa shape index (κ3) is 13.1. The number of sulfonamides is 1. The Kier molecular flexibility index (Phi) is 17.3. The quantitative estimate of drug-likeness (QED) is 0.0512. The molecule has 2 atom stereocenters. The molecule has 5 aromatic carbocycles. The molecule has 0 bridgehead atoms. The molecule has 2 aliphatic heterocycles. The molecule has 0 unspecified atom stereocenters. The van der Waals surface area contributed by atoms with Crippen molar-refractivity contribution in [3.63, 3.8) is 0 Å². The van der Waals surface area contributed by atoms with Crippen LogP contribution in [-0.2, 0) is 19.9 Å². The summed E-state index contributed by atoms with van der Waals surface area (Å²) in [5, 5.41) is 28.3. The van der Waals surface area contributed by atoms with Gasteiger partial charge in [-0.15, -0.1) is 11.8 Å². The van der Waals surface area contributed by atoms with Gasteiger partial charge in [0.15, 0.2) is 0 Å². The number of thioether (sulfide) groups is 1. The van der Waals surface area contributed by atoms with Gasteiger partial charge < -0.3 is 35.5 Å². The van der Waals surface area contributed by atoms with Gasteiger partial charge in [0.1, 0.15) is 4.90 Å². The highest BCUT2D eigenvalue weighted by Crippen LogP contribution is 2.40. The van der Waals surface area contributed by atoms with Crippen LogP contribution in [0.15, 0.2) is 130 Å². The van der Waals surface area contributed by atoms with E-state index >= 15 is 0 Å². The zero-order valence-corrected chi connectivity index (χ0v) is 41.1. The molecule has 0 saturated carbocycles. The molecule has 2 saturated heterocycles. The number of piperidine rings is 1. The number of anilines is 3. The first-order valence-electron chi connectivity index (χ1n) is 22.6. The van der Waals surface area contributed by atoms with E-state index in [0.717, 1.165) is 71.3 Å². The van der Waals surface area contributed by atoms with Crippen molar-refractivity contribution >= 4 is 66.2 Å². The van der Waals surface area contributed by atoms with E-state index in [1.807, 2.05) is 64.2 Å². The summed E-state index contributed by atoms with van der Waals surface area (Å²) in [6, 6.07) is 30.9. The molecule has 13 nitrogen and oxygen atoms in total. The van der Waals surface area contributed by atoms with Crippen molar-refractivity contribution in [2.75, 3.05) is 86.9 Å². The van der Waals surface area contributed by atoms with Crippen molar-refractivity contribution in [2.45, 2.75) is 51.6 Å². The third-order valence-electron chi connectivity index (χ3n) is 12.5. The van der Waals surface area contributed by atoms with Crippen LogP contribution < -0.4 is 25.2 Å². The third-order valence-corrected chi connectivity index (χ3v) is 16.7. The van der Waals surface area contributed by atoms with Crippen LogP contribution in [-0.4, -0.2) is 121 Å². The van der Waals surface area contributed by atoms with E-state index in [4.69, 9.17) is 11.6 Å². The van der Waals surface area contributed by atoms with Crippen LogP contribution in [0.25, 0.3) is 11.1 Å². The number of carbonyl (C=O) groups is 1. The normalized spacial score (nSPS) is 16.1. The molecule has 7 rings (SSSR count). The smallest absolute Gasteiger partial charge is 0.395 e. The van der Waals surface area contributed by atoms with Crippen molar-refractivity contribution in [3.05, 3.63) is 131 Å². The van der Waals surface area contributed by atoms with E-state index in [1.54, 1.807) is 19.2 Å². The topological polar surface area (TPSA) is 172 Å². The Labute approximate surface area is 411 Å². The molecule has 5 aromatic rings. The van der Waals surface area contributed by atoms with Crippen molar-refractivity contribution in [3.8, 4) is 11.1 Å². The Balaban J connectivity index is 1.03. The molecule has 2 heterocycles. The number of likely N-dealkylation sites (N-methyl/N-ethyl adjacent to an activating group) is 1. The number of carbonyl (C=O) groups excluding carboxylic acids is 1. The Hall–Kier alpha value is -4.86. The summed E-state index contributed by atoms with van der Waals surface area (Å²) in [5.41, 5.74) is -1.75. The van der Waals surface area contributed by atoms with Gasteiger partial charge >= 0.3 is 5.51 Å². The number of amides is 1. The highest BCUT2D eigenvalue weighted by Gasteiger charge is 2.48. The largest absolute Gasteiger partial charge is 0.501 e. The van der Waals surface area contributed by atoms with Gasteiger partial charge in [-0.1, -0.05) is 48.0 Å². The van der Waals surface area contributed by atoms with Gasteiger partial charge in [-0.05, 0) is 134 Å². The lowest BCUT2D eigenvalue weighted by molar-refractivity contribution is -0.0435. The fourth-order valence-electron chi connectivity index (χ4n) is 8.52. The average Bonchev–Trinajstić information content (AvgIpc) is 3.35. The van der Waals surface area contributed by atoms with Gasteiger partial charge in [-0.2, -0.15) is 13.2 Å². The number of aliphatic hydroxyl groups excluding tert-OH is 2. The summed E-state index contributed by atoms with van der Waals surface area (Å²) < 4.78 is 97.6. The van der Waals surface area contributed by atoms with Crippen molar-refractivity contribution in [2.24, 2.45) is 5.92 Å². The highest BCUT2D eigenvalue weighted by atomic mass is 35.5. The number of nitrogens with one attached hydrogen (secondary N) is 3. The second-order valence-corrected chi connectivity index (χ2v) is 22.3. The molecular formula is C49H56ClF3N6O7S3. The number of halogens is 4. The minimum Gasteiger partial charge on any atom is -0.395 e. The summed E-state index contributed by atoms with van der Waals surface area (Å²) in [6.07, 6.45) is 0.906. The van der Waals surface area contributed by atoms with Crippen LogP contribution in [0.1, 0.15) is 41.3 Å². The number of hydrogen-bond donors (Lipinski definition) is 5. The summed E-state index contributed by atoms with van der Waals surface area (Å²) >= 11 is 7.60. The molecule has 2 aliphatic rings. The van der Waals surface area contributed by atoms with Crippen LogP contribution in [0, 0.1) is 5.92 Å². The average molecular weight is 1030 g/mol. The first-order valence-corrected chi connectivity index (χ1v) is 26.9. The lowest BCUT2D eigenvalue weighted by Gasteiger charge is -2.37.